The van der Waals surface area contributed by atoms with Crippen LogP contribution in [0, 0.1) is 0 Å². The topological polar surface area (TPSA) is 22.1 Å². The van der Waals surface area contributed by atoms with Gasteiger partial charge in [0.25, 0.3) is 0 Å². The molecule has 0 amide bonds. The van der Waals surface area contributed by atoms with Crippen molar-refractivity contribution in [1.29, 1.82) is 0 Å². The Labute approximate surface area is 93.7 Å². The molecule has 0 bridgehead atoms. The molecule has 0 aliphatic rings. The van der Waals surface area contributed by atoms with E-state index in [0.717, 1.165) is 11.4 Å². The van der Waals surface area contributed by atoms with Crippen molar-refractivity contribution in [3.8, 4) is 5.75 Å². The van der Waals surface area contributed by atoms with Gasteiger partial charge in [0.05, 0.1) is 15.2 Å². The van der Waals surface area contributed by atoms with Crippen molar-refractivity contribution >= 4 is 21.6 Å². The number of aromatic nitrogens is 1. The number of benzene rings is 1. The molecule has 0 fully saturated rings. The fourth-order valence-electron chi connectivity index (χ4n) is 1.30. The van der Waals surface area contributed by atoms with Crippen LogP contribution in [0.15, 0.2) is 18.2 Å². The highest BCUT2D eigenvalue weighted by molar-refractivity contribution is 7.18. The van der Waals surface area contributed by atoms with E-state index in [2.05, 4.69) is 9.72 Å². The zero-order valence-electron chi connectivity index (χ0n) is 8.34. The largest absolute Gasteiger partial charge is 0.573 e. The Morgan fingerprint density at radius 3 is 2.75 bits per heavy atom. The van der Waals surface area contributed by atoms with Crippen LogP contribution in [0.2, 0.25) is 0 Å². The minimum absolute atomic E-state index is 0.202. The number of aryl methyl sites for hydroxylation is 1. The van der Waals surface area contributed by atoms with Gasteiger partial charge in [0, 0.05) is 0 Å². The predicted octanol–water partition coefficient (Wildman–Crippen LogP) is 3.76. The fourth-order valence-corrected chi connectivity index (χ4v) is 2.24. The summed E-state index contributed by atoms with van der Waals surface area (Å²) < 4.78 is 40.5. The molecule has 0 atom stereocenters. The molecule has 16 heavy (non-hydrogen) atoms. The summed E-state index contributed by atoms with van der Waals surface area (Å²) in [5.74, 6) is -0.202. The summed E-state index contributed by atoms with van der Waals surface area (Å²) >= 11 is 1.38. The Bertz CT molecular complexity index is 506. The third-order valence-corrected chi connectivity index (χ3v) is 3.10. The number of thiazole rings is 1. The van der Waals surface area contributed by atoms with Gasteiger partial charge in [-0.2, -0.15) is 0 Å². The SMILES string of the molecule is CCc1nc2ccc(OC(F)(F)F)cc2s1. The van der Waals surface area contributed by atoms with Gasteiger partial charge in [0.15, 0.2) is 0 Å². The predicted molar refractivity (Wildman–Crippen MR) is 55.7 cm³/mol. The number of rotatable bonds is 2. The lowest BCUT2D eigenvalue weighted by Crippen LogP contribution is -2.16. The van der Waals surface area contributed by atoms with Crippen LogP contribution in [0.3, 0.4) is 0 Å². The van der Waals surface area contributed by atoms with E-state index in [1.165, 1.54) is 29.5 Å². The molecular formula is C10H8F3NOS. The van der Waals surface area contributed by atoms with Crippen LogP contribution >= 0.6 is 11.3 Å². The number of hydrogen-bond acceptors (Lipinski definition) is 3. The molecule has 2 nitrogen and oxygen atoms in total. The summed E-state index contributed by atoms with van der Waals surface area (Å²) in [5, 5.41) is 0.902. The number of hydrogen-bond donors (Lipinski definition) is 0. The Hall–Kier alpha value is -1.30. The molecule has 0 unspecified atom stereocenters. The molecule has 2 aromatic rings. The van der Waals surface area contributed by atoms with Gasteiger partial charge in [0.1, 0.15) is 5.75 Å². The second-order valence-electron chi connectivity index (χ2n) is 3.14. The molecule has 0 saturated heterocycles. The van der Waals surface area contributed by atoms with E-state index in [-0.39, 0.29) is 5.75 Å². The summed E-state index contributed by atoms with van der Waals surface area (Å²) in [4.78, 5) is 4.25. The van der Waals surface area contributed by atoms with E-state index in [1.54, 1.807) is 0 Å². The van der Waals surface area contributed by atoms with Crippen molar-refractivity contribution in [2.75, 3.05) is 0 Å². The van der Waals surface area contributed by atoms with Crippen LogP contribution in [0.5, 0.6) is 5.75 Å². The Morgan fingerprint density at radius 2 is 2.12 bits per heavy atom. The highest BCUT2D eigenvalue weighted by Crippen LogP contribution is 2.29. The number of halogens is 3. The minimum atomic E-state index is -4.65. The van der Waals surface area contributed by atoms with E-state index >= 15 is 0 Å². The molecule has 0 spiro atoms. The highest BCUT2D eigenvalue weighted by atomic mass is 32.1. The zero-order valence-corrected chi connectivity index (χ0v) is 9.15. The van der Waals surface area contributed by atoms with Gasteiger partial charge >= 0.3 is 6.36 Å². The third-order valence-electron chi connectivity index (χ3n) is 1.94. The van der Waals surface area contributed by atoms with E-state index in [4.69, 9.17) is 0 Å². The normalized spacial score (nSPS) is 12.0. The molecule has 0 radical (unpaired) electrons. The van der Waals surface area contributed by atoms with Gasteiger partial charge in [-0.25, -0.2) is 4.98 Å². The van der Waals surface area contributed by atoms with E-state index < -0.39 is 6.36 Å². The number of nitrogens with zero attached hydrogens (tertiary/aromatic N) is 1. The maximum absolute atomic E-state index is 12.0. The van der Waals surface area contributed by atoms with Crippen LogP contribution in [0.4, 0.5) is 13.2 Å². The number of alkyl halides is 3. The van der Waals surface area contributed by atoms with Gasteiger partial charge in [0.2, 0.25) is 0 Å². The molecule has 6 heteroatoms. The summed E-state index contributed by atoms with van der Waals surface area (Å²) in [7, 11) is 0. The summed E-state index contributed by atoms with van der Waals surface area (Å²) in [5.41, 5.74) is 0.705. The van der Waals surface area contributed by atoms with Gasteiger partial charge in [-0.1, -0.05) is 6.92 Å². The van der Waals surface area contributed by atoms with Gasteiger partial charge in [-0.15, -0.1) is 24.5 Å². The first kappa shape index (κ1) is 11.2. The maximum Gasteiger partial charge on any atom is 0.573 e. The number of ether oxygens (including phenoxy) is 1. The van der Waals surface area contributed by atoms with Crippen molar-refractivity contribution in [3.05, 3.63) is 23.2 Å². The highest BCUT2D eigenvalue weighted by Gasteiger charge is 2.31. The van der Waals surface area contributed by atoms with Gasteiger partial charge in [-0.3, -0.25) is 0 Å². The molecular weight excluding hydrogens is 239 g/mol. The molecule has 1 heterocycles. The molecule has 2 rings (SSSR count). The van der Waals surface area contributed by atoms with E-state index in [1.807, 2.05) is 6.92 Å². The molecule has 86 valence electrons. The maximum atomic E-state index is 12.0. The summed E-state index contributed by atoms with van der Waals surface area (Å²) in [6.07, 6.45) is -3.87. The first-order valence-corrected chi connectivity index (χ1v) is 5.45. The first-order valence-electron chi connectivity index (χ1n) is 4.63. The molecule has 1 aromatic heterocycles. The van der Waals surface area contributed by atoms with Gasteiger partial charge < -0.3 is 4.74 Å². The molecule has 0 saturated carbocycles. The average Bonchev–Trinajstić information content (AvgIpc) is 2.57. The minimum Gasteiger partial charge on any atom is -0.406 e. The monoisotopic (exact) mass is 247 g/mol. The molecule has 0 aliphatic heterocycles. The Morgan fingerprint density at radius 1 is 1.38 bits per heavy atom. The van der Waals surface area contributed by atoms with Crippen LogP contribution < -0.4 is 4.74 Å². The van der Waals surface area contributed by atoms with Crippen molar-refractivity contribution < 1.29 is 17.9 Å². The van der Waals surface area contributed by atoms with Crippen molar-refractivity contribution in [2.24, 2.45) is 0 Å². The van der Waals surface area contributed by atoms with Crippen molar-refractivity contribution in [1.82, 2.24) is 4.98 Å². The fraction of sp³-hybridized carbons (Fsp3) is 0.300. The van der Waals surface area contributed by atoms with Crippen LogP contribution in [-0.4, -0.2) is 11.3 Å². The van der Waals surface area contributed by atoms with Crippen LogP contribution in [0.25, 0.3) is 10.2 Å². The Kier molecular flexibility index (Phi) is 2.75. The smallest absolute Gasteiger partial charge is 0.406 e. The molecule has 1 aromatic carbocycles. The lowest BCUT2D eigenvalue weighted by atomic mass is 10.3. The zero-order chi connectivity index (χ0) is 11.8. The molecule has 0 aliphatic carbocycles. The number of fused-ring (bicyclic) bond motifs is 1. The second-order valence-corrected chi connectivity index (χ2v) is 4.25. The summed E-state index contributed by atoms with van der Waals surface area (Å²) in [6, 6.07) is 4.17. The van der Waals surface area contributed by atoms with Crippen LogP contribution in [-0.2, 0) is 6.42 Å². The third kappa shape index (κ3) is 2.44. The van der Waals surface area contributed by atoms with E-state index in [0.29, 0.717) is 10.2 Å². The summed E-state index contributed by atoms with van der Waals surface area (Å²) in [6.45, 7) is 1.95. The lowest BCUT2D eigenvalue weighted by Gasteiger charge is -2.07. The van der Waals surface area contributed by atoms with E-state index in [9.17, 15) is 13.2 Å². The average molecular weight is 247 g/mol. The lowest BCUT2D eigenvalue weighted by molar-refractivity contribution is -0.274. The standard InChI is InChI=1S/C10H8F3NOS/c1-2-9-14-7-4-3-6(5-8(7)16-9)15-10(11,12)13/h3-5H,2H2,1H3. The Balaban J connectivity index is 2.36. The quantitative estimate of drug-likeness (QED) is 0.806. The first-order chi connectivity index (χ1) is 7.48. The van der Waals surface area contributed by atoms with Crippen LogP contribution in [0.1, 0.15) is 11.9 Å². The van der Waals surface area contributed by atoms with Crippen molar-refractivity contribution in [3.63, 3.8) is 0 Å². The van der Waals surface area contributed by atoms with Gasteiger partial charge in [-0.05, 0) is 24.6 Å². The molecule has 0 N–H and O–H groups in total. The second kappa shape index (κ2) is 3.93. The van der Waals surface area contributed by atoms with Crippen molar-refractivity contribution in [2.45, 2.75) is 19.7 Å².